The van der Waals surface area contributed by atoms with Gasteiger partial charge in [0, 0.05) is 25.0 Å². The van der Waals surface area contributed by atoms with Crippen molar-refractivity contribution in [1.82, 2.24) is 15.1 Å². The lowest BCUT2D eigenvalue weighted by Gasteiger charge is -2.32. The molecule has 1 aromatic carbocycles. The maximum atomic E-state index is 12.9. The van der Waals surface area contributed by atoms with E-state index in [-0.39, 0.29) is 11.7 Å². The number of hydrogen-bond donors (Lipinski definition) is 1. The van der Waals surface area contributed by atoms with E-state index in [0.717, 1.165) is 43.6 Å². The second kappa shape index (κ2) is 6.73. The molecule has 0 bridgehead atoms. The highest BCUT2D eigenvalue weighted by Crippen LogP contribution is 2.20. The van der Waals surface area contributed by atoms with Crippen LogP contribution < -0.4 is 0 Å². The van der Waals surface area contributed by atoms with Gasteiger partial charge in [0.15, 0.2) is 0 Å². The number of rotatable bonds is 4. The van der Waals surface area contributed by atoms with E-state index >= 15 is 0 Å². The van der Waals surface area contributed by atoms with E-state index in [1.165, 1.54) is 12.1 Å². The Morgan fingerprint density at radius 3 is 2.86 bits per heavy atom. The zero-order chi connectivity index (χ0) is 15.4. The number of benzene rings is 1. The third kappa shape index (κ3) is 3.72. The molecular weight excluding hydrogens is 281 g/mol. The van der Waals surface area contributed by atoms with E-state index in [0.29, 0.717) is 12.3 Å². The molecule has 1 atom stereocenters. The van der Waals surface area contributed by atoms with Gasteiger partial charge in [-0.15, -0.1) is 0 Å². The molecule has 2 heterocycles. The Labute approximate surface area is 129 Å². The molecule has 0 aliphatic carbocycles. The molecule has 1 amide bonds. The first-order valence-electron chi connectivity index (χ1n) is 7.71. The SMILES string of the molecule is O=C(Cc1ccc(F)cc1)N1CCCC(Cc2ccn[nH]2)C1. The lowest BCUT2D eigenvalue weighted by atomic mass is 9.93. The predicted octanol–water partition coefficient (Wildman–Crippen LogP) is 2.57. The van der Waals surface area contributed by atoms with Crippen LogP contribution in [-0.4, -0.2) is 34.1 Å². The number of carbonyl (C=O) groups excluding carboxylic acids is 1. The third-order valence-electron chi connectivity index (χ3n) is 4.21. The van der Waals surface area contributed by atoms with Gasteiger partial charge in [0.2, 0.25) is 5.91 Å². The zero-order valence-corrected chi connectivity index (χ0v) is 12.5. The Bertz CT molecular complexity index is 609. The zero-order valence-electron chi connectivity index (χ0n) is 12.5. The summed E-state index contributed by atoms with van der Waals surface area (Å²) >= 11 is 0. The van der Waals surface area contributed by atoms with E-state index in [1.54, 1.807) is 18.3 Å². The van der Waals surface area contributed by atoms with Gasteiger partial charge in [0.1, 0.15) is 5.82 Å². The fourth-order valence-electron chi connectivity index (χ4n) is 3.06. The maximum absolute atomic E-state index is 12.9. The highest BCUT2D eigenvalue weighted by molar-refractivity contribution is 5.78. The molecule has 1 fully saturated rings. The van der Waals surface area contributed by atoms with Gasteiger partial charge in [0.05, 0.1) is 6.42 Å². The first kappa shape index (κ1) is 14.8. The average molecular weight is 301 g/mol. The Morgan fingerprint density at radius 2 is 2.14 bits per heavy atom. The highest BCUT2D eigenvalue weighted by atomic mass is 19.1. The lowest BCUT2D eigenvalue weighted by molar-refractivity contribution is -0.132. The highest BCUT2D eigenvalue weighted by Gasteiger charge is 2.24. The summed E-state index contributed by atoms with van der Waals surface area (Å²) < 4.78 is 12.9. The van der Waals surface area contributed by atoms with E-state index in [1.807, 2.05) is 11.0 Å². The predicted molar refractivity (Wildman–Crippen MR) is 81.7 cm³/mol. The molecule has 3 rings (SSSR count). The summed E-state index contributed by atoms with van der Waals surface area (Å²) in [6.45, 7) is 1.61. The van der Waals surface area contributed by atoms with Gasteiger partial charge in [-0.05, 0) is 48.9 Å². The molecule has 4 nitrogen and oxygen atoms in total. The number of amides is 1. The number of likely N-dealkylation sites (tertiary alicyclic amines) is 1. The molecule has 22 heavy (non-hydrogen) atoms. The number of nitrogens with zero attached hydrogens (tertiary/aromatic N) is 2. The van der Waals surface area contributed by atoms with Gasteiger partial charge in [-0.2, -0.15) is 5.10 Å². The van der Waals surface area contributed by atoms with Crippen LogP contribution in [0.5, 0.6) is 0 Å². The smallest absolute Gasteiger partial charge is 0.226 e. The van der Waals surface area contributed by atoms with Gasteiger partial charge in [0.25, 0.3) is 0 Å². The summed E-state index contributed by atoms with van der Waals surface area (Å²) in [5.41, 5.74) is 1.99. The van der Waals surface area contributed by atoms with Gasteiger partial charge in [-0.3, -0.25) is 9.89 Å². The van der Waals surface area contributed by atoms with Crippen molar-refractivity contribution in [2.45, 2.75) is 25.7 Å². The largest absolute Gasteiger partial charge is 0.342 e. The van der Waals surface area contributed by atoms with E-state index in [9.17, 15) is 9.18 Å². The van der Waals surface area contributed by atoms with Crippen LogP contribution in [0.15, 0.2) is 36.5 Å². The molecule has 1 aliphatic rings. The van der Waals surface area contributed by atoms with Crippen molar-refractivity contribution in [2.75, 3.05) is 13.1 Å². The second-order valence-corrected chi connectivity index (χ2v) is 5.94. The molecule has 5 heteroatoms. The molecule has 1 unspecified atom stereocenters. The number of carbonyl (C=O) groups is 1. The lowest BCUT2D eigenvalue weighted by Crippen LogP contribution is -2.41. The molecule has 0 spiro atoms. The van der Waals surface area contributed by atoms with Crippen LogP contribution in [0.1, 0.15) is 24.1 Å². The maximum Gasteiger partial charge on any atom is 0.226 e. The molecular formula is C17H20FN3O. The summed E-state index contributed by atoms with van der Waals surface area (Å²) in [5, 5.41) is 6.95. The summed E-state index contributed by atoms with van der Waals surface area (Å²) in [6, 6.07) is 8.15. The van der Waals surface area contributed by atoms with Gasteiger partial charge >= 0.3 is 0 Å². The van der Waals surface area contributed by atoms with Crippen molar-refractivity contribution >= 4 is 5.91 Å². The molecule has 0 radical (unpaired) electrons. The number of aromatic nitrogens is 2. The molecule has 116 valence electrons. The Kier molecular flexibility index (Phi) is 4.51. The second-order valence-electron chi connectivity index (χ2n) is 5.94. The normalized spacial score (nSPS) is 18.4. The summed E-state index contributed by atoms with van der Waals surface area (Å²) in [5.74, 6) is 0.334. The van der Waals surface area contributed by atoms with Crippen LogP contribution in [0, 0.1) is 11.7 Å². The first-order valence-corrected chi connectivity index (χ1v) is 7.71. The summed E-state index contributed by atoms with van der Waals surface area (Å²) in [7, 11) is 0. The van der Waals surface area contributed by atoms with Crippen LogP contribution in [0.3, 0.4) is 0 Å². The molecule has 1 aliphatic heterocycles. The molecule has 1 aromatic heterocycles. The van der Waals surface area contributed by atoms with Crippen molar-refractivity contribution in [2.24, 2.45) is 5.92 Å². The fourth-order valence-corrected chi connectivity index (χ4v) is 3.06. The minimum Gasteiger partial charge on any atom is -0.342 e. The average Bonchev–Trinajstić information content (AvgIpc) is 3.03. The van der Waals surface area contributed by atoms with Crippen molar-refractivity contribution in [3.8, 4) is 0 Å². The number of aromatic amines is 1. The number of nitrogens with one attached hydrogen (secondary N) is 1. The van der Waals surface area contributed by atoms with Gasteiger partial charge in [-0.1, -0.05) is 12.1 Å². The standard InChI is InChI=1S/C17H20FN3O/c18-15-5-3-13(4-6-15)11-17(22)21-9-1-2-14(12-21)10-16-7-8-19-20-16/h3-8,14H,1-2,9-12H2,(H,19,20). The van der Waals surface area contributed by atoms with Crippen molar-refractivity contribution < 1.29 is 9.18 Å². The topological polar surface area (TPSA) is 49.0 Å². The van der Waals surface area contributed by atoms with Crippen LogP contribution >= 0.6 is 0 Å². The van der Waals surface area contributed by atoms with Crippen LogP contribution in [-0.2, 0) is 17.6 Å². The van der Waals surface area contributed by atoms with Gasteiger partial charge < -0.3 is 4.90 Å². The van der Waals surface area contributed by atoms with E-state index < -0.39 is 0 Å². The van der Waals surface area contributed by atoms with Crippen molar-refractivity contribution in [1.29, 1.82) is 0 Å². The van der Waals surface area contributed by atoms with Crippen molar-refractivity contribution in [3.63, 3.8) is 0 Å². The quantitative estimate of drug-likeness (QED) is 0.943. The minimum absolute atomic E-state index is 0.126. The monoisotopic (exact) mass is 301 g/mol. The number of halogens is 1. The van der Waals surface area contributed by atoms with Crippen LogP contribution in [0.2, 0.25) is 0 Å². The third-order valence-corrected chi connectivity index (χ3v) is 4.21. The van der Waals surface area contributed by atoms with Crippen molar-refractivity contribution in [3.05, 3.63) is 53.6 Å². The fraction of sp³-hybridized carbons (Fsp3) is 0.412. The number of H-pyrrole nitrogens is 1. The first-order chi connectivity index (χ1) is 10.7. The summed E-state index contributed by atoms with van der Waals surface area (Å²) in [4.78, 5) is 14.4. The summed E-state index contributed by atoms with van der Waals surface area (Å²) in [6.07, 6.45) is 5.21. The molecule has 0 saturated carbocycles. The molecule has 2 aromatic rings. The number of hydrogen-bond acceptors (Lipinski definition) is 2. The van der Waals surface area contributed by atoms with E-state index in [4.69, 9.17) is 0 Å². The number of piperidine rings is 1. The Morgan fingerprint density at radius 1 is 1.32 bits per heavy atom. The Balaban J connectivity index is 1.56. The molecule has 1 saturated heterocycles. The van der Waals surface area contributed by atoms with E-state index in [2.05, 4.69) is 10.2 Å². The van der Waals surface area contributed by atoms with Crippen LogP contribution in [0.4, 0.5) is 4.39 Å². The Hall–Kier alpha value is -2.17. The minimum atomic E-state index is -0.270. The van der Waals surface area contributed by atoms with Gasteiger partial charge in [-0.25, -0.2) is 4.39 Å². The van der Waals surface area contributed by atoms with Crippen LogP contribution in [0.25, 0.3) is 0 Å². The molecule has 1 N–H and O–H groups in total.